The predicted octanol–water partition coefficient (Wildman–Crippen LogP) is -0.277. The van der Waals surface area contributed by atoms with Gasteiger partial charge in [0.1, 0.15) is 8.07 Å². The monoisotopic (exact) mass is 275 g/mol. The highest BCUT2D eigenvalue weighted by molar-refractivity contribution is 7.00. The van der Waals surface area contributed by atoms with Gasteiger partial charge in [-0.25, -0.2) is 4.98 Å². The van der Waals surface area contributed by atoms with Crippen LogP contribution in [0.2, 0.25) is 13.1 Å². The molecule has 2 rings (SSSR count). The van der Waals surface area contributed by atoms with E-state index in [-0.39, 0.29) is 0 Å². The molecule has 19 heavy (non-hydrogen) atoms. The van der Waals surface area contributed by atoms with Crippen LogP contribution in [-0.2, 0) is 0 Å². The Kier molecular flexibility index (Phi) is 3.84. The summed E-state index contributed by atoms with van der Waals surface area (Å²) >= 11 is 0. The number of nitrogens with zero attached hydrogens (tertiary/aromatic N) is 1. The van der Waals surface area contributed by atoms with Gasteiger partial charge in [-0.2, -0.15) is 4.39 Å². The third-order valence-corrected chi connectivity index (χ3v) is 6.90. The maximum atomic E-state index is 12.9. The summed E-state index contributed by atoms with van der Waals surface area (Å²) in [6.07, 6.45) is 1.58. The zero-order valence-electron chi connectivity index (χ0n) is 10.8. The van der Waals surface area contributed by atoms with E-state index in [1.807, 2.05) is 12.1 Å². The summed E-state index contributed by atoms with van der Waals surface area (Å²) in [5.41, 5.74) is 0.464. The fourth-order valence-electron chi connectivity index (χ4n) is 1.98. The molecule has 0 amide bonds. The highest BCUT2D eigenvalue weighted by Gasteiger charge is 2.26. The van der Waals surface area contributed by atoms with Gasteiger partial charge in [-0.3, -0.25) is 0 Å². The van der Waals surface area contributed by atoms with Crippen LogP contribution in [0.15, 0.2) is 42.6 Å². The number of halogens is 1. The number of hydrogen-bond acceptors (Lipinski definition) is 3. The summed E-state index contributed by atoms with van der Waals surface area (Å²) in [6, 6.07) is 10.3. The number of pyridine rings is 1. The van der Waals surface area contributed by atoms with Crippen LogP contribution in [-0.4, -0.2) is 30.2 Å². The van der Waals surface area contributed by atoms with Gasteiger partial charge in [0.15, 0.2) is 0 Å². The highest BCUT2D eigenvalue weighted by atomic mass is 28.3. The first-order valence-electron chi connectivity index (χ1n) is 6.00. The van der Waals surface area contributed by atoms with Crippen LogP contribution >= 0.6 is 0 Å². The Hall–Kier alpha value is -1.50. The Morgan fingerprint density at radius 1 is 1.00 bits per heavy atom. The molecule has 1 heterocycles. The van der Waals surface area contributed by atoms with Crippen LogP contribution in [0.5, 0.6) is 0 Å². The zero-order valence-corrected chi connectivity index (χ0v) is 11.8. The lowest BCUT2D eigenvalue weighted by atomic mass is 9.81. The number of aromatic nitrogens is 1. The van der Waals surface area contributed by atoms with Gasteiger partial charge in [0, 0.05) is 6.20 Å². The summed E-state index contributed by atoms with van der Waals surface area (Å²) in [5, 5.41) is 20.3. The molecule has 3 nitrogen and oxygen atoms in total. The summed E-state index contributed by atoms with van der Waals surface area (Å²) < 4.78 is 12.9. The maximum Gasteiger partial charge on any atom is 0.488 e. The molecule has 0 radical (unpaired) electrons. The first-order chi connectivity index (χ1) is 8.91. The third-order valence-electron chi connectivity index (χ3n) is 3.38. The zero-order chi connectivity index (χ0) is 14.0. The van der Waals surface area contributed by atoms with Crippen molar-refractivity contribution in [3.05, 3.63) is 48.5 Å². The van der Waals surface area contributed by atoms with Crippen LogP contribution in [0.4, 0.5) is 4.39 Å². The van der Waals surface area contributed by atoms with E-state index in [9.17, 15) is 4.39 Å². The van der Waals surface area contributed by atoms with Crippen LogP contribution in [0.1, 0.15) is 0 Å². The van der Waals surface area contributed by atoms with Crippen molar-refractivity contribution >= 4 is 31.0 Å². The van der Waals surface area contributed by atoms with Gasteiger partial charge in [-0.1, -0.05) is 48.6 Å². The third kappa shape index (κ3) is 2.92. The van der Waals surface area contributed by atoms with Crippen LogP contribution in [0.3, 0.4) is 0 Å². The number of hydrogen-bond donors (Lipinski definition) is 2. The van der Waals surface area contributed by atoms with Crippen molar-refractivity contribution in [2.45, 2.75) is 13.1 Å². The van der Waals surface area contributed by atoms with Crippen LogP contribution in [0.25, 0.3) is 0 Å². The SMILES string of the molecule is C[Si](C)(c1ccc(B(O)O)cc1)c1ccc(F)nc1. The maximum absolute atomic E-state index is 12.9. The molecule has 0 aliphatic rings. The van der Waals surface area contributed by atoms with Crippen LogP contribution < -0.4 is 15.8 Å². The molecule has 2 N–H and O–H groups in total. The molecule has 6 heteroatoms. The lowest BCUT2D eigenvalue weighted by Gasteiger charge is -2.23. The van der Waals surface area contributed by atoms with E-state index in [1.165, 1.54) is 6.07 Å². The normalized spacial score (nSPS) is 11.4. The van der Waals surface area contributed by atoms with E-state index < -0.39 is 21.1 Å². The molecule has 2 aromatic rings. The van der Waals surface area contributed by atoms with Crippen molar-refractivity contribution in [3.63, 3.8) is 0 Å². The fraction of sp³-hybridized carbons (Fsp3) is 0.154. The Labute approximate surface area is 112 Å². The molecular formula is C13H15BFNO2Si. The fourth-order valence-corrected chi connectivity index (χ4v) is 4.20. The largest absolute Gasteiger partial charge is 0.488 e. The average Bonchev–Trinajstić information content (AvgIpc) is 2.39. The molecular weight excluding hydrogens is 260 g/mol. The van der Waals surface area contributed by atoms with E-state index >= 15 is 0 Å². The molecule has 1 aromatic carbocycles. The molecule has 0 saturated carbocycles. The summed E-state index contributed by atoms with van der Waals surface area (Å²) in [7, 11) is -3.38. The van der Waals surface area contributed by atoms with Gasteiger partial charge in [0.25, 0.3) is 0 Å². The molecule has 0 aliphatic carbocycles. The summed E-state index contributed by atoms with van der Waals surface area (Å²) in [4.78, 5) is 3.70. The van der Waals surface area contributed by atoms with E-state index in [0.717, 1.165) is 10.4 Å². The Morgan fingerprint density at radius 3 is 2.05 bits per heavy atom. The minimum Gasteiger partial charge on any atom is -0.423 e. The minimum atomic E-state index is -1.93. The lowest BCUT2D eigenvalue weighted by molar-refractivity contribution is 0.426. The Morgan fingerprint density at radius 2 is 1.58 bits per heavy atom. The van der Waals surface area contributed by atoms with E-state index in [0.29, 0.717) is 5.46 Å². The number of benzene rings is 1. The van der Waals surface area contributed by atoms with E-state index in [4.69, 9.17) is 10.0 Å². The van der Waals surface area contributed by atoms with Crippen molar-refractivity contribution in [2.24, 2.45) is 0 Å². The van der Waals surface area contributed by atoms with E-state index in [1.54, 1.807) is 24.4 Å². The first kappa shape index (κ1) is 13.9. The molecule has 0 saturated heterocycles. The minimum absolute atomic E-state index is 0.464. The quantitative estimate of drug-likeness (QED) is 0.598. The smallest absolute Gasteiger partial charge is 0.423 e. The van der Waals surface area contributed by atoms with Crippen molar-refractivity contribution in [2.75, 3.05) is 0 Å². The predicted molar refractivity (Wildman–Crippen MR) is 77.2 cm³/mol. The topological polar surface area (TPSA) is 53.4 Å². The summed E-state index contributed by atoms with van der Waals surface area (Å²) in [5.74, 6) is -0.479. The van der Waals surface area contributed by atoms with Crippen molar-refractivity contribution in [1.82, 2.24) is 4.98 Å². The Balaban J connectivity index is 2.35. The number of rotatable bonds is 3. The molecule has 0 unspecified atom stereocenters. The second-order valence-corrected chi connectivity index (χ2v) is 9.39. The van der Waals surface area contributed by atoms with Crippen molar-refractivity contribution < 1.29 is 14.4 Å². The Bertz CT molecular complexity index is 558. The van der Waals surface area contributed by atoms with Crippen molar-refractivity contribution in [1.29, 1.82) is 0 Å². The molecule has 0 atom stereocenters. The highest BCUT2D eigenvalue weighted by Crippen LogP contribution is 2.04. The van der Waals surface area contributed by atoms with Gasteiger partial charge in [0.2, 0.25) is 5.95 Å². The average molecular weight is 275 g/mol. The summed E-state index contributed by atoms with van der Waals surface area (Å²) in [6.45, 7) is 4.29. The van der Waals surface area contributed by atoms with Gasteiger partial charge in [-0.15, -0.1) is 0 Å². The van der Waals surface area contributed by atoms with Gasteiger partial charge in [0.05, 0.1) is 0 Å². The molecule has 0 spiro atoms. The lowest BCUT2D eigenvalue weighted by Crippen LogP contribution is -2.53. The molecule has 1 aromatic heterocycles. The molecule has 0 aliphatic heterocycles. The van der Waals surface area contributed by atoms with Crippen molar-refractivity contribution in [3.8, 4) is 0 Å². The standard InChI is InChI=1S/C13H15BFNO2Si/c1-19(2,12-7-8-13(15)16-9-12)11-5-3-10(4-6-11)14(17)18/h3-9,17-18H,1-2H3. The second-order valence-electron chi connectivity index (χ2n) is 4.99. The molecule has 0 bridgehead atoms. The second kappa shape index (κ2) is 5.24. The van der Waals surface area contributed by atoms with E-state index in [2.05, 4.69) is 18.1 Å². The van der Waals surface area contributed by atoms with Gasteiger partial charge in [-0.05, 0) is 16.7 Å². The molecule has 98 valence electrons. The van der Waals surface area contributed by atoms with Gasteiger partial charge >= 0.3 is 7.12 Å². The molecule has 0 fully saturated rings. The first-order valence-corrected chi connectivity index (χ1v) is 9.00. The van der Waals surface area contributed by atoms with Gasteiger partial charge < -0.3 is 10.0 Å². The van der Waals surface area contributed by atoms with Crippen LogP contribution in [0, 0.1) is 5.95 Å².